The molecule has 27 heavy (non-hydrogen) atoms. The van der Waals surface area contributed by atoms with Crippen molar-refractivity contribution in [1.29, 1.82) is 0 Å². The maximum absolute atomic E-state index is 12.7. The van der Waals surface area contributed by atoms with Gasteiger partial charge in [-0.2, -0.15) is 0 Å². The summed E-state index contributed by atoms with van der Waals surface area (Å²) >= 11 is 0. The second kappa shape index (κ2) is 6.99. The molecule has 0 unspecified atom stereocenters. The minimum Gasteiger partial charge on any atom is -0.378 e. The lowest BCUT2D eigenvalue weighted by Crippen LogP contribution is -2.37. The van der Waals surface area contributed by atoms with Gasteiger partial charge in [-0.3, -0.25) is 4.79 Å². The van der Waals surface area contributed by atoms with Crippen molar-refractivity contribution < 1.29 is 9.53 Å². The van der Waals surface area contributed by atoms with Crippen molar-refractivity contribution in [1.82, 2.24) is 29.6 Å². The summed E-state index contributed by atoms with van der Waals surface area (Å²) in [6.45, 7) is 4.94. The molecule has 1 N–H and O–H groups in total. The molecule has 9 nitrogen and oxygen atoms in total. The van der Waals surface area contributed by atoms with Crippen molar-refractivity contribution in [2.24, 2.45) is 14.1 Å². The summed E-state index contributed by atoms with van der Waals surface area (Å²) in [5.41, 5.74) is 2.37. The molecule has 1 aromatic carbocycles. The van der Waals surface area contributed by atoms with Crippen LogP contribution in [0.15, 0.2) is 24.5 Å². The standard InChI is InChI=1S/C18H23N7O2/c1-12(16-22-19-11-23(16)2)20-17(26)13-4-5-15-14(10-13)21-18(24(15)3)25-6-8-27-9-7-25/h4-5,10-12H,6-9H2,1-3H3,(H,20,26)/t12-/m0/s1. The van der Waals surface area contributed by atoms with Gasteiger partial charge in [0.15, 0.2) is 5.82 Å². The van der Waals surface area contributed by atoms with Gasteiger partial charge in [0.2, 0.25) is 5.95 Å². The molecule has 2 aromatic heterocycles. The number of morpholine rings is 1. The fourth-order valence-electron chi connectivity index (χ4n) is 3.40. The maximum Gasteiger partial charge on any atom is 0.251 e. The average molecular weight is 369 g/mol. The molecule has 0 saturated carbocycles. The maximum atomic E-state index is 12.7. The number of carbonyl (C=O) groups excluding carboxylic acids is 1. The molecule has 1 saturated heterocycles. The van der Waals surface area contributed by atoms with Crippen molar-refractivity contribution in [3.05, 3.63) is 35.9 Å². The summed E-state index contributed by atoms with van der Waals surface area (Å²) in [5, 5.41) is 10.9. The van der Waals surface area contributed by atoms with Crippen LogP contribution in [0.2, 0.25) is 0 Å². The average Bonchev–Trinajstić information content (AvgIpc) is 3.25. The quantitative estimate of drug-likeness (QED) is 0.739. The number of rotatable bonds is 4. The van der Waals surface area contributed by atoms with Crippen LogP contribution in [0.25, 0.3) is 11.0 Å². The van der Waals surface area contributed by atoms with Gasteiger partial charge in [0.25, 0.3) is 5.91 Å². The van der Waals surface area contributed by atoms with E-state index >= 15 is 0 Å². The van der Waals surface area contributed by atoms with Gasteiger partial charge in [0.1, 0.15) is 6.33 Å². The third-order valence-corrected chi connectivity index (χ3v) is 4.89. The third-order valence-electron chi connectivity index (χ3n) is 4.89. The van der Waals surface area contributed by atoms with Gasteiger partial charge in [-0.05, 0) is 25.1 Å². The molecule has 0 bridgehead atoms. The first-order chi connectivity index (χ1) is 13.0. The van der Waals surface area contributed by atoms with Crippen molar-refractivity contribution in [3.63, 3.8) is 0 Å². The van der Waals surface area contributed by atoms with Crippen LogP contribution < -0.4 is 10.2 Å². The summed E-state index contributed by atoms with van der Waals surface area (Å²) in [7, 11) is 3.85. The zero-order chi connectivity index (χ0) is 19.0. The Morgan fingerprint density at radius 1 is 1.26 bits per heavy atom. The first-order valence-corrected chi connectivity index (χ1v) is 8.98. The smallest absolute Gasteiger partial charge is 0.251 e. The summed E-state index contributed by atoms with van der Waals surface area (Å²) < 4.78 is 9.27. The van der Waals surface area contributed by atoms with Crippen LogP contribution in [-0.2, 0) is 18.8 Å². The zero-order valence-electron chi connectivity index (χ0n) is 15.7. The predicted molar refractivity (Wildman–Crippen MR) is 101 cm³/mol. The number of carbonyl (C=O) groups is 1. The number of anilines is 1. The Bertz CT molecular complexity index is 971. The molecule has 0 radical (unpaired) electrons. The minimum absolute atomic E-state index is 0.161. The molecule has 1 amide bonds. The van der Waals surface area contributed by atoms with Crippen molar-refractivity contribution >= 4 is 22.9 Å². The second-order valence-electron chi connectivity index (χ2n) is 6.77. The predicted octanol–water partition coefficient (Wildman–Crippen LogP) is 1.03. The van der Waals surface area contributed by atoms with E-state index in [2.05, 4.69) is 25.0 Å². The number of benzene rings is 1. The zero-order valence-corrected chi connectivity index (χ0v) is 15.7. The van der Waals surface area contributed by atoms with Gasteiger partial charge in [0, 0.05) is 32.7 Å². The lowest BCUT2D eigenvalue weighted by atomic mass is 10.1. The van der Waals surface area contributed by atoms with Gasteiger partial charge < -0.3 is 24.1 Å². The Balaban J connectivity index is 1.57. The fraction of sp³-hybridized carbons (Fsp3) is 0.444. The van der Waals surface area contributed by atoms with Crippen molar-refractivity contribution in [2.75, 3.05) is 31.2 Å². The van der Waals surface area contributed by atoms with Gasteiger partial charge in [-0.15, -0.1) is 10.2 Å². The molecular weight excluding hydrogens is 346 g/mol. The van der Waals surface area contributed by atoms with E-state index in [-0.39, 0.29) is 11.9 Å². The fourth-order valence-corrected chi connectivity index (χ4v) is 3.40. The highest BCUT2D eigenvalue weighted by molar-refractivity contribution is 5.97. The monoisotopic (exact) mass is 369 g/mol. The Kier molecular flexibility index (Phi) is 4.53. The van der Waals surface area contributed by atoms with Gasteiger partial charge in [-0.25, -0.2) is 4.98 Å². The summed E-state index contributed by atoms with van der Waals surface area (Å²) in [6, 6.07) is 5.35. The van der Waals surface area contributed by atoms with E-state index < -0.39 is 0 Å². The highest BCUT2D eigenvalue weighted by atomic mass is 16.5. The molecule has 1 aliphatic heterocycles. The van der Waals surface area contributed by atoms with Crippen LogP contribution in [-0.4, -0.2) is 56.5 Å². The first-order valence-electron chi connectivity index (χ1n) is 8.98. The van der Waals surface area contributed by atoms with Crippen molar-refractivity contribution in [3.8, 4) is 0 Å². The number of amides is 1. The SMILES string of the molecule is C[C@H](NC(=O)c1ccc2c(c1)nc(N1CCOCC1)n2C)c1nncn1C. The Morgan fingerprint density at radius 2 is 2.04 bits per heavy atom. The highest BCUT2D eigenvalue weighted by Crippen LogP contribution is 2.23. The lowest BCUT2D eigenvalue weighted by molar-refractivity contribution is 0.0938. The number of hydrogen-bond donors (Lipinski definition) is 1. The summed E-state index contributed by atoms with van der Waals surface area (Å²) in [5.74, 6) is 1.45. The number of aromatic nitrogens is 5. The van der Waals surface area contributed by atoms with Crippen LogP contribution in [0, 0.1) is 0 Å². The molecule has 9 heteroatoms. The highest BCUT2D eigenvalue weighted by Gasteiger charge is 2.20. The molecule has 4 rings (SSSR count). The number of imidazole rings is 1. The largest absolute Gasteiger partial charge is 0.378 e. The van der Waals surface area contributed by atoms with Gasteiger partial charge in [-0.1, -0.05) is 0 Å². The van der Waals surface area contributed by atoms with E-state index in [1.165, 1.54) is 0 Å². The molecule has 1 aliphatic rings. The van der Waals surface area contributed by atoms with Crippen LogP contribution in [0.3, 0.4) is 0 Å². The first kappa shape index (κ1) is 17.5. The normalized spacial score (nSPS) is 15.9. The lowest BCUT2D eigenvalue weighted by Gasteiger charge is -2.27. The Hall–Kier alpha value is -2.94. The van der Waals surface area contributed by atoms with E-state index in [0.717, 1.165) is 30.1 Å². The van der Waals surface area contributed by atoms with Crippen LogP contribution in [0.5, 0.6) is 0 Å². The number of hydrogen-bond acceptors (Lipinski definition) is 6. The van der Waals surface area contributed by atoms with Crippen LogP contribution in [0.1, 0.15) is 29.1 Å². The molecule has 1 fully saturated rings. The number of nitrogens with zero attached hydrogens (tertiary/aromatic N) is 6. The number of fused-ring (bicyclic) bond motifs is 1. The van der Waals surface area contributed by atoms with E-state index in [1.807, 2.05) is 39.2 Å². The molecule has 0 spiro atoms. The Labute approximate surface area is 156 Å². The van der Waals surface area contributed by atoms with Gasteiger partial charge in [0.05, 0.1) is 30.3 Å². The molecule has 0 aliphatic carbocycles. The molecule has 3 heterocycles. The topological polar surface area (TPSA) is 90.1 Å². The molecule has 142 valence electrons. The van der Waals surface area contributed by atoms with E-state index in [0.29, 0.717) is 24.6 Å². The molecular formula is C18H23N7O2. The Morgan fingerprint density at radius 3 is 2.74 bits per heavy atom. The number of aryl methyl sites for hydroxylation is 2. The van der Waals surface area contributed by atoms with Crippen LogP contribution >= 0.6 is 0 Å². The summed E-state index contributed by atoms with van der Waals surface area (Å²) in [4.78, 5) is 19.6. The van der Waals surface area contributed by atoms with Crippen LogP contribution in [0.4, 0.5) is 5.95 Å². The molecule has 1 atom stereocenters. The third kappa shape index (κ3) is 3.25. The number of nitrogens with one attached hydrogen (secondary N) is 1. The van der Waals surface area contributed by atoms with E-state index in [1.54, 1.807) is 10.9 Å². The summed E-state index contributed by atoms with van der Waals surface area (Å²) in [6.07, 6.45) is 1.62. The van der Waals surface area contributed by atoms with Crippen molar-refractivity contribution in [2.45, 2.75) is 13.0 Å². The van der Waals surface area contributed by atoms with E-state index in [9.17, 15) is 4.79 Å². The van der Waals surface area contributed by atoms with E-state index in [4.69, 9.17) is 9.72 Å². The molecule has 3 aromatic rings. The van der Waals surface area contributed by atoms with Gasteiger partial charge >= 0.3 is 0 Å². The second-order valence-corrected chi connectivity index (χ2v) is 6.77. The number of ether oxygens (including phenoxy) is 1. The minimum atomic E-state index is -0.242.